The fourth-order valence-corrected chi connectivity index (χ4v) is 1.92. The monoisotopic (exact) mass is 208 g/mol. The molecule has 0 unspecified atom stereocenters. The van der Waals surface area contributed by atoms with Gasteiger partial charge < -0.3 is 9.32 Å². The molecule has 0 bridgehead atoms. The second-order valence-electron chi connectivity index (χ2n) is 3.97. The van der Waals surface area contributed by atoms with E-state index in [9.17, 15) is 4.79 Å². The van der Waals surface area contributed by atoms with Gasteiger partial charge in [-0.25, -0.2) is 4.98 Å². The van der Waals surface area contributed by atoms with Gasteiger partial charge in [0.2, 0.25) is 5.76 Å². The Hall–Kier alpha value is -1.32. The van der Waals surface area contributed by atoms with E-state index in [4.69, 9.17) is 4.42 Å². The Morgan fingerprint density at radius 2 is 2.00 bits per heavy atom. The molecule has 2 heterocycles. The first-order valence-electron chi connectivity index (χ1n) is 5.48. The summed E-state index contributed by atoms with van der Waals surface area (Å²) in [7, 11) is 0. The zero-order chi connectivity index (χ0) is 10.7. The normalized spacial score (nSPS) is 17.5. The van der Waals surface area contributed by atoms with Crippen molar-refractivity contribution in [3.05, 3.63) is 17.8 Å². The maximum atomic E-state index is 12.0. The summed E-state index contributed by atoms with van der Waals surface area (Å²) in [6, 6.07) is 0. The molecule has 0 aliphatic carbocycles. The van der Waals surface area contributed by atoms with Gasteiger partial charge in [0.1, 0.15) is 0 Å². The van der Waals surface area contributed by atoms with Crippen molar-refractivity contribution in [3.8, 4) is 0 Å². The third-order valence-electron chi connectivity index (χ3n) is 2.83. The summed E-state index contributed by atoms with van der Waals surface area (Å²) in [5, 5.41) is 0. The highest BCUT2D eigenvalue weighted by Gasteiger charge is 2.21. The minimum Gasteiger partial charge on any atom is -0.438 e. The van der Waals surface area contributed by atoms with Crippen LogP contribution in [0.5, 0.6) is 0 Å². The maximum absolute atomic E-state index is 12.0. The zero-order valence-electron chi connectivity index (χ0n) is 9.03. The van der Waals surface area contributed by atoms with E-state index in [-0.39, 0.29) is 5.91 Å². The van der Waals surface area contributed by atoms with Crippen LogP contribution in [0.1, 0.15) is 41.9 Å². The van der Waals surface area contributed by atoms with Crippen LogP contribution in [0.3, 0.4) is 0 Å². The lowest BCUT2D eigenvalue weighted by atomic mass is 10.2. The minimum atomic E-state index is -0.00750. The fraction of sp³-hybridized carbons (Fsp3) is 0.636. The standard InChI is InChI=1S/C11H16N2O2/c1-9-10(15-8-12-9)11(14)13-6-4-2-3-5-7-13/h8H,2-7H2,1H3. The molecule has 1 amide bonds. The molecule has 1 aliphatic heterocycles. The molecule has 0 N–H and O–H groups in total. The summed E-state index contributed by atoms with van der Waals surface area (Å²) in [4.78, 5) is 17.8. The van der Waals surface area contributed by atoms with Crippen molar-refractivity contribution in [3.63, 3.8) is 0 Å². The number of rotatable bonds is 1. The van der Waals surface area contributed by atoms with Gasteiger partial charge >= 0.3 is 0 Å². The van der Waals surface area contributed by atoms with Gasteiger partial charge in [-0.15, -0.1) is 0 Å². The van der Waals surface area contributed by atoms with E-state index in [1.54, 1.807) is 6.92 Å². The van der Waals surface area contributed by atoms with Crippen LogP contribution in [0.25, 0.3) is 0 Å². The van der Waals surface area contributed by atoms with Crippen LogP contribution in [-0.2, 0) is 0 Å². The summed E-state index contributed by atoms with van der Waals surface area (Å²) in [5.74, 6) is 0.392. The van der Waals surface area contributed by atoms with Crippen molar-refractivity contribution in [1.29, 1.82) is 0 Å². The number of nitrogens with zero attached hydrogens (tertiary/aromatic N) is 2. The zero-order valence-corrected chi connectivity index (χ0v) is 9.03. The van der Waals surface area contributed by atoms with E-state index >= 15 is 0 Å². The SMILES string of the molecule is Cc1ncoc1C(=O)N1CCCCCC1. The van der Waals surface area contributed by atoms with E-state index in [0.717, 1.165) is 25.9 Å². The fourth-order valence-electron chi connectivity index (χ4n) is 1.92. The van der Waals surface area contributed by atoms with Crippen LogP contribution < -0.4 is 0 Å². The molecule has 4 nitrogen and oxygen atoms in total. The van der Waals surface area contributed by atoms with Crippen LogP contribution in [-0.4, -0.2) is 28.9 Å². The van der Waals surface area contributed by atoms with Gasteiger partial charge in [0.05, 0.1) is 5.69 Å². The van der Waals surface area contributed by atoms with E-state index in [1.807, 2.05) is 4.90 Å². The van der Waals surface area contributed by atoms with Crippen molar-refractivity contribution < 1.29 is 9.21 Å². The second kappa shape index (κ2) is 4.47. The lowest BCUT2D eigenvalue weighted by molar-refractivity contribution is 0.0728. The van der Waals surface area contributed by atoms with Crippen molar-refractivity contribution in [2.45, 2.75) is 32.6 Å². The predicted octanol–water partition coefficient (Wildman–Crippen LogP) is 2.00. The lowest BCUT2D eigenvalue weighted by Gasteiger charge is -2.18. The van der Waals surface area contributed by atoms with Crippen LogP contribution in [0.2, 0.25) is 0 Å². The van der Waals surface area contributed by atoms with Crippen LogP contribution in [0.4, 0.5) is 0 Å². The largest absolute Gasteiger partial charge is 0.438 e. The van der Waals surface area contributed by atoms with Crippen LogP contribution in [0, 0.1) is 6.92 Å². The Labute approximate surface area is 89.3 Å². The summed E-state index contributed by atoms with van der Waals surface area (Å²) < 4.78 is 5.12. The maximum Gasteiger partial charge on any atom is 0.291 e. The Morgan fingerprint density at radius 1 is 1.33 bits per heavy atom. The molecule has 2 rings (SSSR count). The molecule has 0 radical (unpaired) electrons. The summed E-state index contributed by atoms with van der Waals surface area (Å²) in [5.41, 5.74) is 0.684. The first-order valence-corrected chi connectivity index (χ1v) is 5.48. The number of carbonyl (C=O) groups is 1. The van der Waals surface area contributed by atoms with Gasteiger partial charge in [-0.2, -0.15) is 0 Å². The molecule has 1 aromatic rings. The average molecular weight is 208 g/mol. The van der Waals surface area contributed by atoms with Crippen molar-refractivity contribution in [2.75, 3.05) is 13.1 Å². The Morgan fingerprint density at radius 3 is 2.53 bits per heavy atom. The molecule has 82 valence electrons. The smallest absolute Gasteiger partial charge is 0.291 e. The topological polar surface area (TPSA) is 46.3 Å². The van der Waals surface area contributed by atoms with E-state index in [1.165, 1.54) is 19.2 Å². The van der Waals surface area contributed by atoms with Gasteiger partial charge in [0.25, 0.3) is 5.91 Å². The van der Waals surface area contributed by atoms with E-state index in [0.29, 0.717) is 11.5 Å². The number of aromatic nitrogens is 1. The number of hydrogen-bond acceptors (Lipinski definition) is 3. The number of likely N-dealkylation sites (tertiary alicyclic amines) is 1. The molecule has 1 fully saturated rings. The number of amides is 1. The average Bonchev–Trinajstić information content (AvgIpc) is 2.53. The molecule has 0 atom stereocenters. The van der Waals surface area contributed by atoms with Gasteiger partial charge in [-0.1, -0.05) is 12.8 Å². The summed E-state index contributed by atoms with van der Waals surface area (Å²) in [6.45, 7) is 3.49. The van der Waals surface area contributed by atoms with Crippen LogP contribution in [0.15, 0.2) is 10.8 Å². The third-order valence-corrected chi connectivity index (χ3v) is 2.83. The summed E-state index contributed by atoms with van der Waals surface area (Å²) >= 11 is 0. The van der Waals surface area contributed by atoms with E-state index < -0.39 is 0 Å². The molecular formula is C11H16N2O2. The molecule has 1 saturated heterocycles. The molecular weight excluding hydrogens is 192 g/mol. The van der Waals surface area contributed by atoms with Crippen molar-refractivity contribution in [2.24, 2.45) is 0 Å². The molecule has 1 aromatic heterocycles. The highest BCUT2D eigenvalue weighted by atomic mass is 16.3. The summed E-state index contributed by atoms with van der Waals surface area (Å²) in [6.07, 6.45) is 5.97. The Balaban J connectivity index is 2.09. The lowest BCUT2D eigenvalue weighted by Crippen LogP contribution is -2.31. The first kappa shape index (κ1) is 10.2. The number of aryl methyl sites for hydroxylation is 1. The molecule has 0 saturated carbocycles. The predicted molar refractivity (Wildman–Crippen MR) is 55.6 cm³/mol. The van der Waals surface area contributed by atoms with Crippen LogP contribution >= 0.6 is 0 Å². The number of hydrogen-bond donors (Lipinski definition) is 0. The number of carbonyl (C=O) groups excluding carboxylic acids is 1. The van der Waals surface area contributed by atoms with Crippen molar-refractivity contribution in [1.82, 2.24) is 9.88 Å². The van der Waals surface area contributed by atoms with Gasteiger partial charge in [-0.05, 0) is 19.8 Å². The molecule has 0 aromatic carbocycles. The highest BCUT2D eigenvalue weighted by molar-refractivity contribution is 5.92. The van der Waals surface area contributed by atoms with Gasteiger partial charge in [0.15, 0.2) is 6.39 Å². The van der Waals surface area contributed by atoms with E-state index in [2.05, 4.69) is 4.98 Å². The minimum absolute atomic E-state index is 0.00750. The molecule has 1 aliphatic rings. The Bertz CT molecular complexity index is 338. The van der Waals surface area contributed by atoms with Gasteiger partial charge in [-0.3, -0.25) is 4.79 Å². The van der Waals surface area contributed by atoms with Crippen molar-refractivity contribution >= 4 is 5.91 Å². The van der Waals surface area contributed by atoms with Gasteiger partial charge in [0, 0.05) is 13.1 Å². The third kappa shape index (κ3) is 2.19. The second-order valence-corrected chi connectivity index (χ2v) is 3.97. The highest BCUT2D eigenvalue weighted by Crippen LogP contribution is 2.14. The first-order chi connectivity index (χ1) is 7.29. The quantitative estimate of drug-likeness (QED) is 0.709. The molecule has 0 spiro atoms. The molecule has 15 heavy (non-hydrogen) atoms. The molecule has 4 heteroatoms. The number of oxazole rings is 1. The Kier molecular flexibility index (Phi) is 3.04.